The summed E-state index contributed by atoms with van der Waals surface area (Å²) >= 11 is 0. The Bertz CT molecular complexity index is 229. The summed E-state index contributed by atoms with van der Waals surface area (Å²) in [6.07, 6.45) is 5.24. The summed E-state index contributed by atoms with van der Waals surface area (Å²) in [6.45, 7) is 2.02. The second kappa shape index (κ2) is 13.7. The van der Waals surface area contributed by atoms with Crippen molar-refractivity contribution in [2.24, 2.45) is 5.92 Å². The van der Waals surface area contributed by atoms with E-state index in [1.54, 1.807) is 6.08 Å². The van der Waals surface area contributed by atoms with E-state index in [4.69, 9.17) is 0 Å². The van der Waals surface area contributed by atoms with E-state index in [1.807, 2.05) is 6.92 Å². The van der Waals surface area contributed by atoms with Gasteiger partial charge in [0.2, 0.25) is 0 Å². The SMILES string of the molecule is CCCCC=CC(CC(=O)[O-])C(=O)[O-].[Na+].[Na+]. The molecule has 4 nitrogen and oxygen atoms in total. The standard InChI is InChI=1S/C10H16O4.2Na/c1-2-3-4-5-6-8(10(13)14)7-9(11)12;;/h5-6,8H,2-4,7H2,1H3,(H,11,12)(H,13,14);;/q;2*+1/p-2. The van der Waals surface area contributed by atoms with Crippen LogP contribution in [0.1, 0.15) is 32.6 Å². The summed E-state index contributed by atoms with van der Waals surface area (Å²) in [7, 11) is 0. The average Bonchev–Trinajstić information content (AvgIpc) is 2.09. The maximum Gasteiger partial charge on any atom is 1.00 e. The smallest absolute Gasteiger partial charge is 0.550 e. The fourth-order valence-electron chi connectivity index (χ4n) is 0.992. The van der Waals surface area contributed by atoms with Crippen molar-refractivity contribution in [3.05, 3.63) is 12.2 Å². The molecule has 0 heterocycles. The second-order valence-corrected chi connectivity index (χ2v) is 3.07. The quantitative estimate of drug-likeness (QED) is 0.253. The van der Waals surface area contributed by atoms with Crippen LogP contribution in [-0.4, -0.2) is 11.9 Å². The molecule has 1 unspecified atom stereocenters. The molecule has 6 heteroatoms. The number of rotatable bonds is 7. The van der Waals surface area contributed by atoms with Crippen LogP contribution in [0.3, 0.4) is 0 Å². The van der Waals surface area contributed by atoms with Crippen molar-refractivity contribution in [1.82, 2.24) is 0 Å². The Kier molecular flexibility index (Phi) is 18.8. The summed E-state index contributed by atoms with van der Waals surface area (Å²) in [4.78, 5) is 20.6. The van der Waals surface area contributed by atoms with Crippen molar-refractivity contribution in [3.8, 4) is 0 Å². The molecular formula is C10H14Na2O4. The molecule has 0 fully saturated rings. The van der Waals surface area contributed by atoms with Gasteiger partial charge in [0, 0.05) is 17.9 Å². The van der Waals surface area contributed by atoms with Gasteiger partial charge in [-0.3, -0.25) is 0 Å². The van der Waals surface area contributed by atoms with Gasteiger partial charge < -0.3 is 19.8 Å². The summed E-state index contributed by atoms with van der Waals surface area (Å²) < 4.78 is 0. The Hall–Kier alpha value is 0.680. The first kappa shape index (κ1) is 21.9. The Morgan fingerprint density at radius 2 is 1.81 bits per heavy atom. The molecule has 0 aromatic rings. The van der Waals surface area contributed by atoms with Crippen LogP contribution in [-0.2, 0) is 9.59 Å². The molecule has 0 N–H and O–H groups in total. The van der Waals surface area contributed by atoms with Gasteiger partial charge in [-0.25, -0.2) is 0 Å². The summed E-state index contributed by atoms with van der Waals surface area (Å²) in [5.74, 6) is -3.82. The Balaban J connectivity index is -0.000000845. The van der Waals surface area contributed by atoms with Gasteiger partial charge in [-0.1, -0.05) is 31.9 Å². The Morgan fingerprint density at radius 1 is 1.25 bits per heavy atom. The second-order valence-electron chi connectivity index (χ2n) is 3.07. The number of hydrogen-bond donors (Lipinski definition) is 0. The molecule has 0 saturated heterocycles. The summed E-state index contributed by atoms with van der Waals surface area (Å²) in [5.41, 5.74) is 0. The van der Waals surface area contributed by atoms with E-state index in [9.17, 15) is 19.8 Å². The third kappa shape index (κ3) is 12.7. The van der Waals surface area contributed by atoms with Crippen LogP contribution >= 0.6 is 0 Å². The Labute approximate surface area is 140 Å². The maximum absolute atomic E-state index is 10.4. The molecule has 0 rings (SSSR count). The first-order valence-corrected chi connectivity index (χ1v) is 4.65. The van der Waals surface area contributed by atoms with E-state index in [-0.39, 0.29) is 59.1 Å². The van der Waals surface area contributed by atoms with E-state index < -0.39 is 24.3 Å². The third-order valence-electron chi connectivity index (χ3n) is 1.78. The number of hydrogen-bond acceptors (Lipinski definition) is 4. The minimum atomic E-state index is -1.38. The molecule has 0 aliphatic rings. The Morgan fingerprint density at radius 3 is 2.19 bits per heavy atom. The molecular weight excluding hydrogens is 230 g/mol. The molecule has 0 radical (unpaired) electrons. The zero-order valence-electron chi connectivity index (χ0n) is 10.2. The van der Waals surface area contributed by atoms with Gasteiger partial charge >= 0.3 is 59.1 Å². The van der Waals surface area contributed by atoms with Gasteiger partial charge in [0.25, 0.3) is 0 Å². The van der Waals surface area contributed by atoms with Gasteiger partial charge in [0.15, 0.2) is 0 Å². The summed E-state index contributed by atoms with van der Waals surface area (Å²) in [6, 6.07) is 0. The number of carboxylic acids is 2. The predicted octanol–water partition coefficient (Wildman–Crippen LogP) is -6.75. The monoisotopic (exact) mass is 244 g/mol. The molecule has 0 aliphatic carbocycles. The van der Waals surface area contributed by atoms with E-state index in [0.29, 0.717) is 0 Å². The first-order valence-electron chi connectivity index (χ1n) is 4.65. The van der Waals surface area contributed by atoms with Gasteiger partial charge in [-0.2, -0.15) is 0 Å². The molecule has 1 atom stereocenters. The van der Waals surface area contributed by atoms with Crippen LogP contribution in [0, 0.1) is 5.92 Å². The number of allylic oxidation sites excluding steroid dienone is 1. The van der Waals surface area contributed by atoms with Crippen LogP contribution in [0.4, 0.5) is 0 Å². The van der Waals surface area contributed by atoms with Crippen molar-refractivity contribution in [1.29, 1.82) is 0 Å². The van der Waals surface area contributed by atoms with Gasteiger partial charge in [0.05, 0.1) is 0 Å². The van der Waals surface area contributed by atoms with E-state index >= 15 is 0 Å². The van der Waals surface area contributed by atoms with Crippen LogP contribution < -0.4 is 69.3 Å². The number of unbranched alkanes of at least 4 members (excludes halogenated alkanes) is 2. The fourth-order valence-corrected chi connectivity index (χ4v) is 0.992. The molecule has 0 aromatic carbocycles. The number of carbonyl (C=O) groups is 2. The molecule has 0 spiro atoms. The van der Waals surface area contributed by atoms with Crippen LogP contribution in [0.5, 0.6) is 0 Å². The van der Waals surface area contributed by atoms with Gasteiger partial charge in [0.1, 0.15) is 0 Å². The predicted molar refractivity (Wildman–Crippen MR) is 46.8 cm³/mol. The molecule has 0 saturated carbocycles. The van der Waals surface area contributed by atoms with Gasteiger partial charge in [-0.15, -0.1) is 0 Å². The van der Waals surface area contributed by atoms with Crippen molar-refractivity contribution < 1.29 is 78.9 Å². The van der Waals surface area contributed by atoms with E-state index in [2.05, 4.69) is 0 Å². The average molecular weight is 244 g/mol. The fraction of sp³-hybridized carbons (Fsp3) is 0.600. The van der Waals surface area contributed by atoms with Crippen molar-refractivity contribution in [2.75, 3.05) is 0 Å². The molecule has 0 bridgehead atoms. The third-order valence-corrected chi connectivity index (χ3v) is 1.78. The molecule has 0 amide bonds. The first-order chi connectivity index (χ1) is 6.57. The van der Waals surface area contributed by atoms with E-state index in [0.717, 1.165) is 19.3 Å². The summed E-state index contributed by atoms with van der Waals surface area (Å²) in [5, 5.41) is 20.6. The zero-order chi connectivity index (χ0) is 11.0. The van der Waals surface area contributed by atoms with Crippen molar-refractivity contribution >= 4 is 11.9 Å². The van der Waals surface area contributed by atoms with Crippen LogP contribution in [0.2, 0.25) is 0 Å². The topological polar surface area (TPSA) is 80.3 Å². The number of aliphatic carboxylic acids is 2. The van der Waals surface area contributed by atoms with Crippen molar-refractivity contribution in [3.63, 3.8) is 0 Å². The maximum atomic E-state index is 10.4. The molecule has 80 valence electrons. The normalized spacial score (nSPS) is 11.3. The molecule has 0 aromatic heterocycles. The minimum Gasteiger partial charge on any atom is -0.550 e. The van der Waals surface area contributed by atoms with Crippen LogP contribution in [0.25, 0.3) is 0 Å². The van der Waals surface area contributed by atoms with E-state index in [1.165, 1.54) is 6.08 Å². The molecule has 0 aliphatic heterocycles. The van der Waals surface area contributed by atoms with Crippen molar-refractivity contribution in [2.45, 2.75) is 32.6 Å². The number of carboxylic acid groups (broad SMARTS) is 2. The largest absolute Gasteiger partial charge is 1.00 e. The van der Waals surface area contributed by atoms with Crippen LogP contribution in [0.15, 0.2) is 12.2 Å². The molecule has 16 heavy (non-hydrogen) atoms. The minimum absolute atomic E-state index is 0. The zero-order valence-corrected chi connectivity index (χ0v) is 14.2. The number of carbonyl (C=O) groups excluding carboxylic acids is 2. The van der Waals surface area contributed by atoms with Gasteiger partial charge in [-0.05, 0) is 12.8 Å².